The molecule has 8 heteroatoms. The van der Waals surface area contributed by atoms with E-state index in [-0.39, 0.29) is 31.9 Å². The molecule has 5 nitrogen and oxygen atoms in total. The normalized spacial score (nSPS) is 9.75. The largest absolute Gasteiger partial charge is 0.465 e. The van der Waals surface area contributed by atoms with E-state index in [1.807, 2.05) is 0 Å². The van der Waals surface area contributed by atoms with Crippen LogP contribution in [0.4, 0.5) is 0 Å². The fraction of sp³-hybridized carbons (Fsp3) is 0.0625. The molecule has 0 aliphatic heterocycles. The van der Waals surface area contributed by atoms with Crippen molar-refractivity contribution in [1.82, 2.24) is 0 Å². The summed E-state index contributed by atoms with van der Waals surface area (Å²) in [5, 5.41) is 17.9. The van der Waals surface area contributed by atoms with Crippen LogP contribution in [0.25, 0.3) is 0 Å². The summed E-state index contributed by atoms with van der Waals surface area (Å²) in [7, 11) is 1.27. The molecule has 2 aromatic carbocycles. The molecule has 0 amide bonds. The Bertz CT molecular complexity index is 897. The summed E-state index contributed by atoms with van der Waals surface area (Å²) in [5.41, 5.74) is 0.0786. The van der Waals surface area contributed by atoms with Crippen molar-refractivity contribution in [2.75, 3.05) is 7.11 Å². The van der Waals surface area contributed by atoms with E-state index >= 15 is 0 Å². The fourth-order valence-corrected chi connectivity index (χ4v) is 2.60. The summed E-state index contributed by atoms with van der Waals surface area (Å²) in [4.78, 5) is 11.4. The first kappa shape index (κ1) is 17.9. The molecular weight excluding hydrogens is 375 g/mol. The minimum Gasteiger partial charge on any atom is -0.465 e. The maximum absolute atomic E-state index is 11.4. The van der Waals surface area contributed by atoms with E-state index in [2.05, 4.69) is 4.74 Å². The number of benzene rings is 2. The summed E-state index contributed by atoms with van der Waals surface area (Å²) in [6.07, 6.45) is 0. The Balaban J connectivity index is 2.48. The topological polar surface area (TPSA) is 83.1 Å². The number of hydrogen-bond donors (Lipinski definition) is 0. The standard InChI is InChI=1S/C16H7Cl3N2O3/c1-23-16(22)8-2-4-9(5-3-8)24-15-13(18)11(7-21)10(6-20)12(17)14(15)19/h2-5H,1H3. The average molecular weight is 382 g/mol. The van der Waals surface area contributed by atoms with Gasteiger partial charge in [-0.1, -0.05) is 34.8 Å². The van der Waals surface area contributed by atoms with Crippen LogP contribution in [0, 0.1) is 22.7 Å². The van der Waals surface area contributed by atoms with Gasteiger partial charge in [0.05, 0.1) is 28.8 Å². The first-order chi connectivity index (χ1) is 11.4. The minimum absolute atomic E-state index is 0.0512. The summed E-state index contributed by atoms with van der Waals surface area (Å²) in [5.74, 6) is -0.244. The second kappa shape index (κ2) is 7.42. The number of nitriles is 2. The summed E-state index contributed by atoms with van der Waals surface area (Å²) in [6, 6.07) is 9.55. The lowest BCUT2D eigenvalue weighted by molar-refractivity contribution is 0.0600. The predicted octanol–water partition coefficient (Wildman–Crippen LogP) is 4.97. The van der Waals surface area contributed by atoms with Crippen LogP contribution in [-0.4, -0.2) is 13.1 Å². The zero-order valence-corrected chi connectivity index (χ0v) is 14.3. The zero-order valence-electron chi connectivity index (χ0n) is 12.1. The molecule has 2 rings (SSSR count). The van der Waals surface area contributed by atoms with Crippen LogP contribution < -0.4 is 4.74 Å². The molecule has 0 saturated carbocycles. The number of esters is 1. The van der Waals surface area contributed by atoms with Crippen molar-refractivity contribution in [3.63, 3.8) is 0 Å². The molecule has 0 aliphatic rings. The maximum atomic E-state index is 11.4. The Morgan fingerprint density at radius 1 is 0.958 bits per heavy atom. The predicted molar refractivity (Wildman–Crippen MR) is 88.8 cm³/mol. The minimum atomic E-state index is -0.495. The third-order valence-electron chi connectivity index (χ3n) is 3.00. The van der Waals surface area contributed by atoms with Gasteiger partial charge in [0.25, 0.3) is 0 Å². The highest BCUT2D eigenvalue weighted by Crippen LogP contribution is 2.45. The molecule has 0 aliphatic carbocycles. The van der Waals surface area contributed by atoms with E-state index < -0.39 is 5.97 Å². The number of carbonyl (C=O) groups is 1. The van der Waals surface area contributed by atoms with Crippen molar-refractivity contribution >= 4 is 40.8 Å². The number of methoxy groups -OCH3 is 1. The van der Waals surface area contributed by atoms with Gasteiger partial charge >= 0.3 is 5.97 Å². The number of rotatable bonds is 3. The maximum Gasteiger partial charge on any atom is 0.337 e. The van der Waals surface area contributed by atoms with Gasteiger partial charge in [-0.25, -0.2) is 4.79 Å². The molecule has 24 heavy (non-hydrogen) atoms. The van der Waals surface area contributed by atoms with E-state index in [4.69, 9.17) is 50.1 Å². The van der Waals surface area contributed by atoms with Gasteiger partial charge in [0.1, 0.15) is 27.9 Å². The molecule has 0 heterocycles. The van der Waals surface area contributed by atoms with E-state index in [1.54, 1.807) is 12.1 Å². The highest BCUT2D eigenvalue weighted by atomic mass is 35.5. The molecule has 0 N–H and O–H groups in total. The van der Waals surface area contributed by atoms with Crippen LogP contribution in [0.2, 0.25) is 15.1 Å². The number of hydrogen-bond acceptors (Lipinski definition) is 5. The van der Waals surface area contributed by atoms with E-state index in [0.717, 1.165) is 0 Å². The molecule has 120 valence electrons. The van der Waals surface area contributed by atoms with E-state index in [9.17, 15) is 4.79 Å². The Labute approximate surface area is 152 Å². The van der Waals surface area contributed by atoms with Crippen molar-refractivity contribution < 1.29 is 14.3 Å². The average Bonchev–Trinajstić information content (AvgIpc) is 2.61. The van der Waals surface area contributed by atoms with Gasteiger partial charge in [-0.15, -0.1) is 0 Å². The second-order valence-electron chi connectivity index (χ2n) is 4.36. The number of halogens is 3. The molecule has 2 aromatic rings. The van der Waals surface area contributed by atoms with Crippen LogP contribution in [0.3, 0.4) is 0 Å². The molecule has 0 unspecified atom stereocenters. The lowest BCUT2D eigenvalue weighted by Gasteiger charge is -2.13. The van der Waals surface area contributed by atoms with E-state index in [0.29, 0.717) is 11.3 Å². The van der Waals surface area contributed by atoms with E-state index in [1.165, 1.54) is 31.4 Å². The third-order valence-corrected chi connectivity index (χ3v) is 4.20. The molecule has 0 spiro atoms. The number of nitrogens with zero attached hydrogens (tertiary/aromatic N) is 2. The second-order valence-corrected chi connectivity index (χ2v) is 5.50. The SMILES string of the molecule is COC(=O)c1ccc(Oc2c(Cl)c(Cl)c(C#N)c(C#N)c2Cl)cc1. The highest BCUT2D eigenvalue weighted by Gasteiger charge is 2.23. The Hall–Kier alpha value is -2.44. The van der Waals surface area contributed by atoms with Crippen LogP contribution in [-0.2, 0) is 4.74 Å². The monoisotopic (exact) mass is 380 g/mol. The first-order valence-electron chi connectivity index (χ1n) is 6.31. The van der Waals surface area contributed by atoms with Gasteiger partial charge in [-0.05, 0) is 24.3 Å². The molecule has 0 bridgehead atoms. The van der Waals surface area contributed by atoms with Crippen LogP contribution in [0.5, 0.6) is 11.5 Å². The van der Waals surface area contributed by atoms with Gasteiger partial charge in [0, 0.05) is 0 Å². The third kappa shape index (κ3) is 3.25. The van der Waals surface area contributed by atoms with Gasteiger partial charge < -0.3 is 9.47 Å². The number of carbonyl (C=O) groups excluding carboxylic acids is 1. The molecular formula is C16H7Cl3N2O3. The fourth-order valence-electron chi connectivity index (χ4n) is 1.83. The molecule has 0 aromatic heterocycles. The summed E-state index contributed by atoms with van der Waals surface area (Å²) >= 11 is 18.2. The van der Waals surface area contributed by atoms with Crippen molar-refractivity contribution in [3.05, 3.63) is 56.0 Å². The summed E-state index contributed by atoms with van der Waals surface area (Å²) < 4.78 is 10.2. The molecule has 0 radical (unpaired) electrons. The smallest absolute Gasteiger partial charge is 0.337 e. The molecule has 0 fully saturated rings. The van der Waals surface area contributed by atoms with Crippen molar-refractivity contribution in [2.45, 2.75) is 0 Å². The van der Waals surface area contributed by atoms with Crippen LogP contribution >= 0.6 is 34.8 Å². The Morgan fingerprint density at radius 2 is 1.50 bits per heavy atom. The van der Waals surface area contributed by atoms with Gasteiger partial charge in [0.15, 0.2) is 5.75 Å². The lowest BCUT2D eigenvalue weighted by atomic mass is 10.1. The van der Waals surface area contributed by atoms with Crippen molar-refractivity contribution in [1.29, 1.82) is 10.5 Å². The Kier molecular flexibility index (Phi) is 5.54. The zero-order chi connectivity index (χ0) is 17.9. The van der Waals surface area contributed by atoms with Crippen molar-refractivity contribution in [2.24, 2.45) is 0 Å². The number of ether oxygens (including phenoxy) is 2. The Morgan fingerprint density at radius 3 is 2.00 bits per heavy atom. The van der Waals surface area contributed by atoms with Gasteiger partial charge in [-0.2, -0.15) is 10.5 Å². The van der Waals surface area contributed by atoms with Crippen LogP contribution in [0.15, 0.2) is 24.3 Å². The summed E-state index contributed by atoms with van der Waals surface area (Å²) in [6.45, 7) is 0. The quantitative estimate of drug-likeness (QED) is 0.553. The molecule has 0 atom stereocenters. The van der Waals surface area contributed by atoms with Crippen LogP contribution in [0.1, 0.15) is 21.5 Å². The first-order valence-corrected chi connectivity index (χ1v) is 7.44. The lowest BCUT2D eigenvalue weighted by Crippen LogP contribution is -2.00. The highest BCUT2D eigenvalue weighted by molar-refractivity contribution is 6.46. The molecule has 0 saturated heterocycles. The van der Waals surface area contributed by atoms with Gasteiger partial charge in [0.2, 0.25) is 0 Å². The van der Waals surface area contributed by atoms with Gasteiger partial charge in [-0.3, -0.25) is 0 Å². The van der Waals surface area contributed by atoms with Crippen molar-refractivity contribution in [3.8, 4) is 23.6 Å².